The van der Waals surface area contributed by atoms with E-state index in [4.69, 9.17) is 25.6 Å². The van der Waals surface area contributed by atoms with Gasteiger partial charge < -0.3 is 44.6 Å². The topological polar surface area (TPSA) is 209 Å². The number of halogens is 2. The van der Waals surface area contributed by atoms with Crippen molar-refractivity contribution in [1.82, 2.24) is 15.4 Å². The van der Waals surface area contributed by atoms with Crippen molar-refractivity contribution in [2.75, 3.05) is 0 Å². The molecule has 3 saturated heterocycles. The lowest BCUT2D eigenvalue weighted by molar-refractivity contribution is -0.287. The number of carboxylic acid groups (broad SMARTS) is 1. The molecule has 0 spiro atoms. The number of β-lactam (4-membered cyclic amide) rings is 1. The minimum Gasteiger partial charge on any atom is -0.479 e. The number of nitrogens with zero attached hydrogens (tertiary/aromatic N) is 2. The van der Waals surface area contributed by atoms with E-state index in [2.05, 4.69) is 10.5 Å². The predicted octanol–water partition coefficient (Wildman–Crippen LogP) is 0.0386. The Morgan fingerprint density at radius 3 is 2.52 bits per heavy atom. The monoisotopic (exact) mass is 629 g/mol. The van der Waals surface area contributed by atoms with E-state index in [0.29, 0.717) is 0 Å². The molecular formula is C25H25ClFN3O11S. The first-order valence-corrected chi connectivity index (χ1v) is 13.8. The van der Waals surface area contributed by atoms with Crippen molar-refractivity contribution < 1.29 is 58.0 Å². The van der Waals surface area contributed by atoms with Gasteiger partial charge in [-0.25, -0.2) is 14.0 Å². The largest absolute Gasteiger partial charge is 0.479 e. The average molecular weight is 630 g/mol. The van der Waals surface area contributed by atoms with Crippen molar-refractivity contribution in [2.45, 2.75) is 73.7 Å². The molecule has 8 atom stereocenters. The molecule has 1 aromatic heterocycles. The number of hydrogen-bond acceptors (Lipinski definition) is 12. The molecule has 5 rings (SSSR count). The van der Waals surface area contributed by atoms with E-state index < -0.39 is 82.5 Å². The third-order valence-corrected chi connectivity index (χ3v) is 9.17. The smallest absolute Gasteiger partial charge is 0.335 e. The normalized spacial score (nSPS) is 31.7. The third kappa shape index (κ3) is 4.81. The Hall–Kier alpha value is -3.28. The van der Waals surface area contributed by atoms with E-state index >= 15 is 0 Å². The fourth-order valence-electron chi connectivity index (χ4n) is 5.20. The summed E-state index contributed by atoms with van der Waals surface area (Å²) in [5.41, 5.74) is -0.448. The van der Waals surface area contributed by atoms with Crippen molar-refractivity contribution in [2.24, 2.45) is 0 Å². The average Bonchev–Trinajstić information content (AvgIpc) is 3.41. The molecule has 5 N–H and O–H groups in total. The van der Waals surface area contributed by atoms with E-state index in [-0.39, 0.29) is 27.6 Å². The Labute approximate surface area is 245 Å². The minimum atomic E-state index is -1.99. The first-order chi connectivity index (χ1) is 19.7. The quantitative estimate of drug-likeness (QED) is 0.211. The number of carbonyl (C=O) groups is 4. The summed E-state index contributed by atoms with van der Waals surface area (Å²) < 4.78 is 28.9. The Morgan fingerprint density at radius 2 is 1.88 bits per heavy atom. The van der Waals surface area contributed by atoms with E-state index in [1.165, 1.54) is 35.7 Å². The van der Waals surface area contributed by atoms with Gasteiger partial charge in [-0.3, -0.25) is 9.59 Å². The molecule has 14 nitrogen and oxygen atoms in total. The molecule has 4 heterocycles. The standard InChI is InChI=1S/C25H25ClFN3O11S/c1-7-10(12(29-41-7)11-8(26)5-4-6-9(11)27)19(34)28-13-20(35)30-18(25(2,3)42-21(13)30)23(38)40-24-16(33)14(31)15(32)17(39-24)22(36)37/h4-6,13-18,21,24,31-33H,1-3H3,(H,28,34)(H,36,37)/t13-,14?,15?,16?,17?,18+,21-,24?/m1/s1. The van der Waals surface area contributed by atoms with Gasteiger partial charge in [-0.05, 0) is 32.9 Å². The van der Waals surface area contributed by atoms with Crippen molar-refractivity contribution in [3.8, 4) is 11.3 Å². The van der Waals surface area contributed by atoms with Crippen LogP contribution in [0.4, 0.5) is 4.39 Å². The number of thioether (sulfide) groups is 1. The molecule has 0 bridgehead atoms. The molecule has 0 radical (unpaired) electrons. The summed E-state index contributed by atoms with van der Waals surface area (Å²) in [6, 6.07) is 1.56. The second kappa shape index (κ2) is 10.8. The number of aromatic nitrogens is 1. The zero-order valence-electron chi connectivity index (χ0n) is 22.1. The zero-order valence-corrected chi connectivity index (χ0v) is 23.6. The first kappa shape index (κ1) is 30.2. The Morgan fingerprint density at radius 1 is 1.19 bits per heavy atom. The molecule has 3 aliphatic heterocycles. The number of carboxylic acids is 1. The van der Waals surface area contributed by atoms with E-state index in [0.717, 1.165) is 6.07 Å². The van der Waals surface area contributed by atoms with Gasteiger partial charge in [0, 0.05) is 4.75 Å². The summed E-state index contributed by atoms with van der Waals surface area (Å²) in [6.45, 7) is 4.70. The van der Waals surface area contributed by atoms with Crippen LogP contribution in [0.1, 0.15) is 30.0 Å². The third-order valence-electron chi connectivity index (χ3n) is 7.29. The fourth-order valence-corrected chi connectivity index (χ4v) is 7.08. The fraction of sp³-hybridized carbons (Fsp3) is 0.480. The number of aliphatic hydroxyl groups excluding tert-OH is 3. The van der Waals surface area contributed by atoms with Gasteiger partial charge in [0.25, 0.3) is 5.91 Å². The van der Waals surface area contributed by atoms with E-state index in [1.54, 1.807) is 13.8 Å². The van der Waals surface area contributed by atoms with E-state index in [9.17, 15) is 44.0 Å². The minimum absolute atomic E-state index is 0.0125. The van der Waals surface area contributed by atoms with Crippen LogP contribution in [0.15, 0.2) is 22.7 Å². The number of benzene rings is 1. The van der Waals surface area contributed by atoms with Crippen LogP contribution in [0.25, 0.3) is 11.3 Å². The number of fused-ring (bicyclic) bond motifs is 1. The van der Waals surface area contributed by atoms with Crippen LogP contribution in [0.2, 0.25) is 5.02 Å². The highest BCUT2D eigenvalue weighted by molar-refractivity contribution is 8.01. The number of hydrogen-bond donors (Lipinski definition) is 5. The highest BCUT2D eigenvalue weighted by Crippen LogP contribution is 2.51. The van der Waals surface area contributed by atoms with Crippen LogP contribution in [0.3, 0.4) is 0 Å². The molecule has 5 unspecified atom stereocenters. The maximum atomic E-state index is 14.6. The predicted molar refractivity (Wildman–Crippen MR) is 139 cm³/mol. The molecule has 226 valence electrons. The SMILES string of the molecule is Cc1onc(-c2c(F)cccc2Cl)c1C(=O)N[C@@H]1C(=O)N2[C@@H]1SC(C)(C)[C@@H]2C(=O)OC1OC(C(=O)O)C(O)C(O)C1O. The highest BCUT2D eigenvalue weighted by atomic mass is 35.5. The van der Waals surface area contributed by atoms with Crippen molar-refractivity contribution >= 4 is 47.1 Å². The van der Waals surface area contributed by atoms with Crippen LogP contribution in [-0.4, -0.2) is 107 Å². The van der Waals surface area contributed by atoms with Crippen LogP contribution in [-0.2, 0) is 23.9 Å². The second-order valence-electron chi connectivity index (χ2n) is 10.4. The maximum absolute atomic E-state index is 14.6. The molecule has 0 aliphatic carbocycles. The first-order valence-electron chi connectivity index (χ1n) is 12.5. The number of aliphatic carboxylic acids is 1. The number of amides is 2. The van der Waals surface area contributed by atoms with Gasteiger partial charge >= 0.3 is 11.9 Å². The summed E-state index contributed by atoms with van der Waals surface area (Å²) in [5, 5.41) is 44.9. The summed E-state index contributed by atoms with van der Waals surface area (Å²) in [6.07, 6.45) is -9.90. The second-order valence-corrected chi connectivity index (χ2v) is 12.6. The highest BCUT2D eigenvalue weighted by Gasteiger charge is 2.65. The Balaban J connectivity index is 1.33. The van der Waals surface area contributed by atoms with Gasteiger partial charge in [0.1, 0.15) is 58.6 Å². The lowest BCUT2D eigenvalue weighted by atomic mass is 9.95. The van der Waals surface area contributed by atoms with Crippen molar-refractivity contribution in [1.29, 1.82) is 0 Å². The number of rotatable bonds is 6. The number of carbonyl (C=O) groups excluding carboxylic acids is 3. The summed E-state index contributed by atoms with van der Waals surface area (Å²) >= 11 is 7.31. The molecule has 17 heteroatoms. The lowest BCUT2D eigenvalue weighted by Gasteiger charge is -2.44. The number of ether oxygens (including phenoxy) is 2. The van der Waals surface area contributed by atoms with Gasteiger partial charge in [0.2, 0.25) is 12.2 Å². The number of aliphatic hydroxyl groups is 3. The molecule has 3 aliphatic rings. The van der Waals surface area contributed by atoms with Crippen LogP contribution in [0.5, 0.6) is 0 Å². The molecule has 0 saturated carbocycles. The van der Waals surface area contributed by atoms with Crippen LogP contribution in [0, 0.1) is 12.7 Å². The van der Waals surface area contributed by atoms with Crippen LogP contribution < -0.4 is 5.32 Å². The lowest BCUT2D eigenvalue weighted by Crippen LogP contribution is -2.71. The molecule has 3 fully saturated rings. The molecule has 2 aromatic rings. The van der Waals surface area contributed by atoms with Gasteiger partial charge in [0.05, 0.1) is 10.6 Å². The summed E-state index contributed by atoms with van der Waals surface area (Å²) in [4.78, 5) is 52.3. The summed E-state index contributed by atoms with van der Waals surface area (Å²) in [5.74, 6) is -4.88. The van der Waals surface area contributed by atoms with Crippen LogP contribution >= 0.6 is 23.4 Å². The Kier molecular flexibility index (Phi) is 7.74. The molecule has 1 aromatic carbocycles. The Bertz CT molecular complexity index is 1450. The molecule has 42 heavy (non-hydrogen) atoms. The molecular weight excluding hydrogens is 605 g/mol. The van der Waals surface area contributed by atoms with Gasteiger partial charge in [-0.15, -0.1) is 11.8 Å². The van der Waals surface area contributed by atoms with Crippen molar-refractivity contribution in [3.63, 3.8) is 0 Å². The number of aryl methyl sites for hydroxylation is 1. The number of nitrogens with one attached hydrogen (secondary N) is 1. The van der Waals surface area contributed by atoms with Gasteiger partial charge in [-0.1, -0.05) is 22.8 Å². The van der Waals surface area contributed by atoms with E-state index in [1.807, 2.05) is 0 Å². The summed E-state index contributed by atoms with van der Waals surface area (Å²) in [7, 11) is 0. The van der Waals surface area contributed by atoms with Crippen molar-refractivity contribution in [3.05, 3.63) is 40.4 Å². The maximum Gasteiger partial charge on any atom is 0.335 e. The van der Waals surface area contributed by atoms with Gasteiger partial charge in [-0.2, -0.15) is 0 Å². The zero-order chi connectivity index (χ0) is 30.8. The molecule has 2 amide bonds. The van der Waals surface area contributed by atoms with Gasteiger partial charge in [0.15, 0.2) is 6.10 Å². The number of esters is 1.